The van der Waals surface area contributed by atoms with Crippen LogP contribution in [0.2, 0.25) is 0 Å². The van der Waals surface area contributed by atoms with Gasteiger partial charge in [0.25, 0.3) is 5.91 Å². The maximum Gasteiger partial charge on any atom is 0.251 e. The van der Waals surface area contributed by atoms with E-state index in [1.54, 1.807) is 42.8 Å². The van der Waals surface area contributed by atoms with Gasteiger partial charge in [-0.15, -0.1) is 0 Å². The van der Waals surface area contributed by atoms with Crippen LogP contribution in [-0.4, -0.2) is 27.0 Å². The Morgan fingerprint density at radius 3 is 2.63 bits per heavy atom. The van der Waals surface area contributed by atoms with Crippen molar-refractivity contribution >= 4 is 23.5 Å². The minimum absolute atomic E-state index is 0.0428. The number of benzene rings is 2. The van der Waals surface area contributed by atoms with E-state index in [1.165, 1.54) is 11.8 Å². The summed E-state index contributed by atoms with van der Waals surface area (Å²) in [5.41, 5.74) is 2.01. The third kappa shape index (κ3) is 4.69. The highest BCUT2D eigenvalue weighted by molar-refractivity contribution is 7.99. The van der Waals surface area contributed by atoms with Crippen LogP contribution < -0.4 is 5.32 Å². The molecule has 4 rings (SSSR count). The molecule has 0 spiro atoms. The molecule has 0 saturated heterocycles. The summed E-state index contributed by atoms with van der Waals surface area (Å²) in [5.74, 6) is 0.823. The van der Waals surface area contributed by atoms with Crippen LogP contribution in [0.15, 0.2) is 95.0 Å². The maximum absolute atomic E-state index is 12.5. The molecule has 150 valence electrons. The number of rotatable bonds is 8. The minimum atomic E-state index is -0.193. The van der Waals surface area contributed by atoms with E-state index >= 15 is 0 Å². The summed E-state index contributed by atoms with van der Waals surface area (Å²) in [5, 5.41) is 3.53. The molecular formula is C23H19N3O3S. The van der Waals surface area contributed by atoms with Crippen LogP contribution >= 0.6 is 11.8 Å². The fourth-order valence-corrected chi connectivity index (χ4v) is 3.78. The second kappa shape index (κ2) is 9.28. The quantitative estimate of drug-likeness (QED) is 0.340. The van der Waals surface area contributed by atoms with Gasteiger partial charge in [0.2, 0.25) is 0 Å². The molecule has 0 aliphatic rings. The number of carbonyl (C=O) groups is 2. The van der Waals surface area contributed by atoms with Gasteiger partial charge in [0.15, 0.2) is 10.9 Å². The van der Waals surface area contributed by atoms with E-state index in [9.17, 15) is 9.59 Å². The molecule has 0 aliphatic heterocycles. The molecule has 0 fully saturated rings. The number of hydrogen-bond acceptors (Lipinski definition) is 5. The Hall–Kier alpha value is -3.58. The van der Waals surface area contributed by atoms with Crippen LogP contribution in [0.3, 0.4) is 0 Å². The number of thioether (sulfide) groups is 1. The molecule has 6 nitrogen and oxygen atoms in total. The first kappa shape index (κ1) is 19.7. The number of amides is 1. The Bertz CT molecular complexity index is 1140. The van der Waals surface area contributed by atoms with E-state index in [0.717, 1.165) is 5.69 Å². The second-order valence-electron chi connectivity index (χ2n) is 6.47. The van der Waals surface area contributed by atoms with E-state index < -0.39 is 0 Å². The molecular weight excluding hydrogens is 398 g/mol. The molecule has 4 aromatic rings. The summed E-state index contributed by atoms with van der Waals surface area (Å²) in [4.78, 5) is 29.2. The van der Waals surface area contributed by atoms with Gasteiger partial charge in [-0.25, -0.2) is 4.98 Å². The van der Waals surface area contributed by atoms with Crippen molar-refractivity contribution in [1.82, 2.24) is 14.9 Å². The van der Waals surface area contributed by atoms with E-state index in [-0.39, 0.29) is 17.4 Å². The number of ketones is 1. The Balaban J connectivity index is 1.44. The molecule has 0 aliphatic carbocycles. The first-order valence-corrected chi connectivity index (χ1v) is 10.3. The van der Waals surface area contributed by atoms with E-state index in [1.807, 2.05) is 47.2 Å². The van der Waals surface area contributed by atoms with Gasteiger partial charge in [-0.05, 0) is 30.3 Å². The molecule has 0 unspecified atom stereocenters. The van der Waals surface area contributed by atoms with Crippen molar-refractivity contribution in [2.75, 3.05) is 5.75 Å². The lowest BCUT2D eigenvalue weighted by atomic mass is 10.2. The Labute approximate surface area is 177 Å². The number of nitrogens with zero attached hydrogens (tertiary/aromatic N) is 2. The number of Topliss-reactive ketones (excluding diaryl/α,β-unsaturated/α-hetero) is 1. The van der Waals surface area contributed by atoms with Crippen molar-refractivity contribution in [2.45, 2.75) is 11.7 Å². The molecule has 1 N–H and O–H groups in total. The first-order valence-electron chi connectivity index (χ1n) is 9.36. The lowest BCUT2D eigenvalue weighted by molar-refractivity contribution is 0.0947. The smallest absolute Gasteiger partial charge is 0.251 e. The monoisotopic (exact) mass is 417 g/mol. The third-order valence-corrected chi connectivity index (χ3v) is 5.39. The SMILES string of the molecule is O=C(CSc1nccn1-c1cccc(C(=O)NCc2ccco2)c1)c1ccccc1. The highest BCUT2D eigenvalue weighted by atomic mass is 32.2. The Kier molecular flexibility index (Phi) is 6.10. The normalized spacial score (nSPS) is 10.7. The first-order chi connectivity index (χ1) is 14.7. The lowest BCUT2D eigenvalue weighted by Gasteiger charge is -2.09. The largest absolute Gasteiger partial charge is 0.467 e. The zero-order valence-corrected chi connectivity index (χ0v) is 16.8. The van der Waals surface area contributed by atoms with Gasteiger partial charge in [0, 0.05) is 29.2 Å². The summed E-state index contributed by atoms with van der Waals surface area (Å²) in [6.45, 7) is 0.323. The number of carbonyl (C=O) groups excluding carboxylic acids is 2. The van der Waals surface area contributed by atoms with Crippen molar-refractivity contribution in [3.8, 4) is 5.69 Å². The fraction of sp³-hybridized carbons (Fsp3) is 0.0870. The van der Waals surface area contributed by atoms with Gasteiger partial charge in [-0.1, -0.05) is 48.2 Å². The zero-order chi connectivity index (χ0) is 20.8. The van der Waals surface area contributed by atoms with Gasteiger partial charge in [-0.3, -0.25) is 14.2 Å². The number of hydrogen-bond donors (Lipinski definition) is 1. The number of aromatic nitrogens is 2. The predicted molar refractivity (Wildman–Crippen MR) is 115 cm³/mol. The summed E-state index contributed by atoms with van der Waals surface area (Å²) in [6.07, 6.45) is 5.07. The third-order valence-electron chi connectivity index (χ3n) is 4.42. The minimum Gasteiger partial charge on any atom is -0.467 e. The molecule has 1 amide bonds. The van der Waals surface area contributed by atoms with Gasteiger partial charge >= 0.3 is 0 Å². The van der Waals surface area contributed by atoms with Crippen molar-refractivity contribution in [3.63, 3.8) is 0 Å². The van der Waals surface area contributed by atoms with Crippen LogP contribution in [0.25, 0.3) is 5.69 Å². The van der Waals surface area contributed by atoms with Gasteiger partial charge in [-0.2, -0.15) is 0 Å². The highest BCUT2D eigenvalue weighted by Gasteiger charge is 2.12. The van der Waals surface area contributed by atoms with Crippen LogP contribution in [0.5, 0.6) is 0 Å². The summed E-state index contributed by atoms with van der Waals surface area (Å²) < 4.78 is 7.11. The summed E-state index contributed by atoms with van der Waals surface area (Å²) in [6, 6.07) is 20.0. The fourth-order valence-electron chi connectivity index (χ4n) is 2.91. The standard InChI is InChI=1S/C23H19N3O3S/c27-21(17-6-2-1-3-7-17)16-30-23-24-11-12-26(23)19-9-4-8-18(14-19)22(28)25-15-20-10-5-13-29-20/h1-14H,15-16H2,(H,25,28). The average molecular weight is 417 g/mol. The van der Waals surface area contributed by atoms with Crippen molar-refractivity contribution in [1.29, 1.82) is 0 Å². The van der Waals surface area contributed by atoms with E-state index in [2.05, 4.69) is 10.3 Å². The predicted octanol–water partition coefficient (Wildman–Crippen LogP) is 4.37. The molecule has 30 heavy (non-hydrogen) atoms. The zero-order valence-electron chi connectivity index (χ0n) is 16.0. The topological polar surface area (TPSA) is 77.1 Å². The van der Waals surface area contributed by atoms with Crippen molar-refractivity contribution < 1.29 is 14.0 Å². The highest BCUT2D eigenvalue weighted by Crippen LogP contribution is 2.22. The van der Waals surface area contributed by atoms with Gasteiger partial charge < -0.3 is 9.73 Å². The Morgan fingerprint density at radius 1 is 1.00 bits per heavy atom. The van der Waals surface area contributed by atoms with E-state index in [0.29, 0.717) is 28.6 Å². The lowest BCUT2D eigenvalue weighted by Crippen LogP contribution is -2.22. The molecule has 2 aromatic carbocycles. The van der Waals surface area contributed by atoms with Crippen LogP contribution in [0.1, 0.15) is 26.5 Å². The Morgan fingerprint density at radius 2 is 1.83 bits per heavy atom. The molecule has 0 radical (unpaired) electrons. The molecule has 0 atom stereocenters. The van der Waals surface area contributed by atoms with Crippen LogP contribution in [0, 0.1) is 0 Å². The van der Waals surface area contributed by atoms with Crippen molar-refractivity contribution in [3.05, 3.63) is 102 Å². The molecule has 2 aromatic heterocycles. The molecule has 2 heterocycles. The molecule has 0 saturated carbocycles. The average Bonchev–Trinajstić information content (AvgIpc) is 3.48. The van der Waals surface area contributed by atoms with Gasteiger partial charge in [0.05, 0.1) is 18.6 Å². The summed E-state index contributed by atoms with van der Waals surface area (Å²) >= 11 is 1.36. The van der Waals surface area contributed by atoms with Crippen LogP contribution in [-0.2, 0) is 6.54 Å². The van der Waals surface area contributed by atoms with Gasteiger partial charge in [0.1, 0.15) is 5.76 Å². The number of imidazole rings is 1. The maximum atomic E-state index is 12.5. The second-order valence-corrected chi connectivity index (χ2v) is 7.41. The summed E-state index contributed by atoms with van der Waals surface area (Å²) in [7, 11) is 0. The van der Waals surface area contributed by atoms with Crippen molar-refractivity contribution in [2.24, 2.45) is 0 Å². The number of nitrogens with one attached hydrogen (secondary N) is 1. The molecule has 7 heteroatoms. The molecule has 0 bridgehead atoms. The number of furan rings is 1. The van der Waals surface area contributed by atoms with Crippen LogP contribution in [0.4, 0.5) is 0 Å². The van der Waals surface area contributed by atoms with E-state index in [4.69, 9.17) is 4.42 Å².